The van der Waals surface area contributed by atoms with E-state index < -0.39 is 0 Å². The Labute approximate surface area is 156 Å². The second kappa shape index (κ2) is 9.18. The summed E-state index contributed by atoms with van der Waals surface area (Å²) in [4.78, 5) is 25.8. The van der Waals surface area contributed by atoms with Gasteiger partial charge in [-0.1, -0.05) is 55.8 Å². The fourth-order valence-electron chi connectivity index (χ4n) is 2.88. The first-order valence-electron chi connectivity index (χ1n) is 9.07. The first kappa shape index (κ1) is 19.7. The summed E-state index contributed by atoms with van der Waals surface area (Å²) in [5.74, 6) is 0.389. The van der Waals surface area contributed by atoms with Gasteiger partial charge in [0.2, 0.25) is 11.8 Å². The molecule has 138 valence electrons. The third-order valence-corrected chi connectivity index (χ3v) is 4.36. The molecule has 0 fully saturated rings. The van der Waals surface area contributed by atoms with Crippen LogP contribution in [-0.4, -0.2) is 24.9 Å². The zero-order valence-electron chi connectivity index (χ0n) is 16.1. The van der Waals surface area contributed by atoms with Crippen LogP contribution in [0.5, 0.6) is 0 Å². The number of carbonyl (C=O) groups excluding carboxylic acids is 2. The Morgan fingerprint density at radius 3 is 2.35 bits per heavy atom. The number of hydrogen-bond acceptors (Lipinski definition) is 2. The highest BCUT2D eigenvalue weighted by Crippen LogP contribution is 2.20. The minimum Gasteiger partial charge on any atom is -0.354 e. The van der Waals surface area contributed by atoms with E-state index in [1.54, 1.807) is 11.8 Å². The molecule has 0 saturated heterocycles. The summed E-state index contributed by atoms with van der Waals surface area (Å²) >= 11 is 0. The predicted octanol–water partition coefficient (Wildman–Crippen LogP) is 3.83. The first-order chi connectivity index (χ1) is 12.4. The number of nitrogens with zero attached hydrogens (tertiary/aromatic N) is 1. The van der Waals surface area contributed by atoms with E-state index in [1.165, 1.54) is 5.56 Å². The summed E-state index contributed by atoms with van der Waals surface area (Å²) in [6, 6.07) is 15.9. The van der Waals surface area contributed by atoms with Crippen molar-refractivity contribution < 1.29 is 9.59 Å². The molecule has 0 atom stereocenters. The maximum atomic E-state index is 12.1. The second-order valence-electron chi connectivity index (χ2n) is 6.93. The van der Waals surface area contributed by atoms with Gasteiger partial charge in [0.15, 0.2) is 0 Å². The normalized spacial score (nSPS) is 10.7. The molecule has 2 rings (SSSR count). The molecule has 0 aliphatic heterocycles. The highest BCUT2D eigenvalue weighted by molar-refractivity contribution is 5.91. The van der Waals surface area contributed by atoms with Crippen LogP contribution in [-0.2, 0) is 16.0 Å². The summed E-state index contributed by atoms with van der Waals surface area (Å²) in [5, 5.41) is 2.90. The van der Waals surface area contributed by atoms with Crippen LogP contribution in [0.2, 0.25) is 0 Å². The molecule has 0 radical (unpaired) electrons. The van der Waals surface area contributed by atoms with Crippen molar-refractivity contribution in [1.82, 2.24) is 5.32 Å². The average Bonchev–Trinajstić information content (AvgIpc) is 2.58. The van der Waals surface area contributed by atoms with Crippen LogP contribution in [0.3, 0.4) is 0 Å². The lowest BCUT2D eigenvalue weighted by atomic mass is 10.0. The molecule has 4 heteroatoms. The van der Waals surface area contributed by atoms with Gasteiger partial charge in [0.1, 0.15) is 0 Å². The Hall–Kier alpha value is -2.62. The molecular formula is C22H28N2O2. The van der Waals surface area contributed by atoms with Gasteiger partial charge in [-0.05, 0) is 36.1 Å². The van der Waals surface area contributed by atoms with Gasteiger partial charge in [-0.3, -0.25) is 9.59 Å². The van der Waals surface area contributed by atoms with Crippen LogP contribution >= 0.6 is 0 Å². The van der Waals surface area contributed by atoms with Crippen LogP contribution < -0.4 is 10.2 Å². The third-order valence-electron chi connectivity index (χ3n) is 4.36. The molecule has 0 heterocycles. The summed E-state index contributed by atoms with van der Waals surface area (Å²) in [6.07, 6.45) is 0.352. The number of benzene rings is 2. The van der Waals surface area contributed by atoms with E-state index in [-0.39, 0.29) is 11.8 Å². The molecule has 1 N–H and O–H groups in total. The zero-order valence-corrected chi connectivity index (χ0v) is 16.1. The van der Waals surface area contributed by atoms with E-state index in [0.717, 1.165) is 16.8 Å². The van der Waals surface area contributed by atoms with Crippen molar-refractivity contribution in [3.63, 3.8) is 0 Å². The van der Waals surface area contributed by atoms with Crippen LogP contribution in [0.25, 0.3) is 0 Å². The highest BCUT2D eigenvalue weighted by Gasteiger charge is 2.12. The van der Waals surface area contributed by atoms with E-state index >= 15 is 0 Å². The quantitative estimate of drug-likeness (QED) is 0.823. The number of anilines is 1. The zero-order chi connectivity index (χ0) is 19.1. The minimum absolute atomic E-state index is 0.0322. The Kier molecular flexibility index (Phi) is 6.96. The molecule has 0 aliphatic rings. The van der Waals surface area contributed by atoms with E-state index in [2.05, 4.69) is 19.2 Å². The molecular weight excluding hydrogens is 324 g/mol. The SMILES string of the molecule is CC(=O)N(CCNC(=O)Cc1cccc(C)c1)c1ccc(C(C)C)cc1. The Morgan fingerprint density at radius 2 is 1.77 bits per heavy atom. The maximum Gasteiger partial charge on any atom is 0.224 e. The summed E-state index contributed by atoms with van der Waals surface area (Å²) in [7, 11) is 0. The van der Waals surface area contributed by atoms with Crippen molar-refractivity contribution in [2.24, 2.45) is 0 Å². The van der Waals surface area contributed by atoms with Gasteiger partial charge in [-0.25, -0.2) is 0 Å². The van der Waals surface area contributed by atoms with Crippen molar-refractivity contribution in [2.75, 3.05) is 18.0 Å². The molecule has 2 amide bonds. The van der Waals surface area contributed by atoms with Gasteiger partial charge < -0.3 is 10.2 Å². The average molecular weight is 352 g/mol. The maximum absolute atomic E-state index is 12.1. The fraction of sp³-hybridized carbons (Fsp3) is 0.364. The van der Waals surface area contributed by atoms with E-state index in [1.807, 2.05) is 55.5 Å². The van der Waals surface area contributed by atoms with E-state index in [0.29, 0.717) is 25.4 Å². The molecule has 2 aromatic carbocycles. The molecule has 0 unspecified atom stereocenters. The van der Waals surface area contributed by atoms with Crippen molar-refractivity contribution in [3.05, 3.63) is 65.2 Å². The molecule has 0 aromatic heterocycles. The largest absolute Gasteiger partial charge is 0.354 e. The van der Waals surface area contributed by atoms with E-state index in [9.17, 15) is 9.59 Å². The number of nitrogens with one attached hydrogen (secondary N) is 1. The Bertz CT molecular complexity index is 751. The number of carbonyl (C=O) groups is 2. The summed E-state index contributed by atoms with van der Waals surface area (Å²) < 4.78 is 0. The fourth-order valence-corrected chi connectivity index (χ4v) is 2.88. The van der Waals surface area contributed by atoms with Crippen molar-refractivity contribution >= 4 is 17.5 Å². The Balaban J connectivity index is 1.90. The van der Waals surface area contributed by atoms with E-state index in [4.69, 9.17) is 0 Å². The monoisotopic (exact) mass is 352 g/mol. The lowest BCUT2D eigenvalue weighted by Crippen LogP contribution is -2.38. The number of rotatable bonds is 7. The smallest absolute Gasteiger partial charge is 0.224 e. The van der Waals surface area contributed by atoms with Gasteiger partial charge in [0, 0.05) is 25.7 Å². The van der Waals surface area contributed by atoms with Crippen molar-refractivity contribution in [3.8, 4) is 0 Å². The van der Waals surface area contributed by atoms with Gasteiger partial charge >= 0.3 is 0 Å². The topological polar surface area (TPSA) is 49.4 Å². The molecule has 0 bridgehead atoms. The standard InChI is InChI=1S/C22H28N2O2/c1-16(2)20-8-10-21(11-9-20)24(18(4)25)13-12-23-22(26)15-19-7-5-6-17(3)14-19/h5-11,14,16H,12-13,15H2,1-4H3,(H,23,26). The van der Waals surface area contributed by atoms with Gasteiger partial charge in [0.25, 0.3) is 0 Å². The molecule has 26 heavy (non-hydrogen) atoms. The molecule has 0 spiro atoms. The third kappa shape index (κ3) is 5.73. The summed E-state index contributed by atoms with van der Waals surface area (Å²) in [5.41, 5.74) is 4.23. The van der Waals surface area contributed by atoms with Gasteiger partial charge in [-0.15, -0.1) is 0 Å². The highest BCUT2D eigenvalue weighted by atomic mass is 16.2. The van der Waals surface area contributed by atoms with Crippen molar-refractivity contribution in [2.45, 2.75) is 40.0 Å². The van der Waals surface area contributed by atoms with Crippen LogP contribution in [0.1, 0.15) is 43.4 Å². The Morgan fingerprint density at radius 1 is 1.08 bits per heavy atom. The molecule has 4 nitrogen and oxygen atoms in total. The van der Waals surface area contributed by atoms with Crippen molar-refractivity contribution in [1.29, 1.82) is 0 Å². The molecule has 0 aliphatic carbocycles. The van der Waals surface area contributed by atoms with Gasteiger partial charge in [0.05, 0.1) is 6.42 Å². The van der Waals surface area contributed by atoms with Crippen LogP contribution in [0.15, 0.2) is 48.5 Å². The van der Waals surface area contributed by atoms with Crippen LogP contribution in [0, 0.1) is 6.92 Å². The first-order valence-corrected chi connectivity index (χ1v) is 9.07. The van der Waals surface area contributed by atoms with Crippen LogP contribution in [0.4, 0.5) is 5.69 Å². The van der Waals surface area contributed by atoms with Gasteiger partial charge in [-0.2, -0.15) is 0 Å². The molecule has 2 aromatic rings. The number of amides is 2. The molecule has 0 saturated carbocycles. The second-order valence-corrected chi connectivity index (χ2v) is 6.93. The number of hydrogen-bond donors (Lipinski definition) is 1. The lowest BCUT2D eigenvalue weighted by molar-refractivity contribution is -0.121. The minimum atomic E-state index is -0.0331. The lowest BCUT2D eigenvalue weighted by Gasteiger charge is -2.22. The predicted molar refractivity (Wildman–Crippen MR) is 106 cm³/mol. The number of aryl methyl sites for hydroxylation is 1. The summed E-state index contributed by atoms with van der Waals surface area (Å²) in [6.45, 7) is 8.72.